The minimum absolute atomic E-state index is 0.0991. The first-order valence-electron chi connectivity index (χ1n) is 7.75. The Balaban J connectivity index is 1.80. The van der Waals surface area contributed by atoms with Gasteiger partial charge >= 0.3 is 0 Å². The maximum Gasteiger partial charge on any atom is 0.170 e. The molecule has 0 saturated heterocycles. The zero-order valence-corrected chi connectivity index (χ0v) is 14.4. The molecule has 1 aromatic heterocycles. The predicted octanol–water partition coefficient (Wildman–Crippen LogP) is 3.49. The van der Waals surface area contributed by atoms with Gasteiger partial charge in [0.2, 0.25) is 0 Å². The molecule has 0 spiro atoms. The summed E-state index contributed by atoms with van der Waals surface area (Å²) in [6, 6.07) is 7.13. The minimum atomic E-state index is -0.287. The number of aldehydes is 1. The molecule has 1 atom stereocenters. The van der Waals surface area contributed by atoms with E-state index in [1.165, 1.54) is 0 Å². The molecular formula is C17H17Cl2N3O2. The third kappa shape index (κ3) is 4.04. The quantitative estimate of drug-likeness (QED) is 0.734. The molecule has 5 nitrogen and oxygen atoms in total. The molecule has 7 heteroatoms. The van der Waals surface area contributed by atoms with Gasteiger partial charge in [-0.05, 0) is 37.0 Å². The molecule has 126 valence electrons. The molecule has 1 aromatic carbocycles. The predicted molar refractivity (Wildman–Crippen MR) is 94.1 cm³/mol. The van der Waals surface area contributed by atoms with E-state index >= 15 is 0 Å². The molecule has 1 saturated carbocycles. The number of rotatable bonds is 7. The lowest BCUT2D eigenvalue weighted by molar-refractivity contribution is 0.111. The molecule has 0 radical (unpaired) electrons. The van der Waals surface area contributed by atoms with Crippen LogP contribution in [0.5, 0.6) is 0 Å². The summed E-state index contributed by atoms with van der Waals surface area (Å²) in [6.07, 6.45) is 3.25. The first kappa shape index (κ1) is 17.1. The number of nitrogens with zero attached hydrogens (tertiary/aromatic N) is 2. The zero-order chi connectivity index (χ0) is 17.1. The highest BCUT2D eigenvalue weighted by Gasteiger charge is 2.28. The molecule has 2 N–H and O–H groups in total. The number of aliphatic hydroxyl groups excluding tert-OH is 1. The van der Waals surface area contributed by atoms with Crippen LogP contribution in [0.2, 0.25) is 10.0 Å². The molecule has 1 aliphatic carbocycles. The number of carbonyl (C=O) groups excluding carboxylic acids is 1. The molecule has 1 aliphatic rings. The number of carbonyl (C=O) groups is 1. The van der Waals surface area contributed by atoms with Crippen molar-refractivity contribution >= 4 is 35.3 Å². The molecule has 0 bridgehead atoms. The Bertz CT molecular complexity index is 733. The van der Waals surface area contributed by atoms with Gasteiger partial charge in [-0.15, -0.1) is 0 Å². The van der Waals surface area contributed by atoms with Gasteiger partial charge in [-0.3, -0.25) is 4.79 Å². The molecule has 2 aromatic rings. The number of aromatic nitrogens is 2. The Labute approximate surface area is 150 Å². The van der Waals surface area contributed by atoms with Gasteiger partial charge in [0.15, 0.2) is 6.29 Å². The molecule has 1 fully saturated rings. The Hall–Kier alpha value is -1.69. The Morgan fingerprint density at radius 1 is 1.25 bits per heavy atom. The highest BCUT2D eigenvalue weighted by atomic mass is 35.5. The van der Waals surface area contributed by atoms with Gasteiger partial charge in [-0.25, -0.2) is 9.97 Å². The first-order valence-corrected chi connectivity index (χ1v) is 8.50. The van der Waals surface area contributed by atoms with Crippen LogP contribution < -0.4 is 5.32 Å². The van der Waals surface area contributed by atoms with E-state index in [0.29, 0.717) is 35.3 Å². The van der Waals surface area contributed by atoms with Gasteiger partial charge in [0.1, 0.15) is 22.4 Å². The average Bonchev–Trinajstić information content (AvgIpc) is 3.43. The van der Waals surface area contributed by atoms with E-state index in [1.54, 1.807) is 12.1 Å². The summed E-state index contributed by atoms with van der Waals surface area (Å²) in [7, 11) is 0. The fourth-order valence-electron chi connectivity index (χ4n) is 2.44. The van der Waals surface area contributed by atoms with Crippen molar-refractivity contribution in [3.63, 3.8) is 0 Å². The number of nitrogens with one attached hydrogen (secondary N) is 1. The van der Waals surface area contributed by atoms with E-state index in [4.69, 9.17) is 23.2 Å². The van der Waals surface area contributed by atoms with Gasteiger partial charge < -0.3 is 10.4 Å². The van der Waals surface area contributed by atoms with Crippen molar-refractivity contribution in [3.8, 4) is 0 Å². The van der Waals surface area contributed by atoms with Gasteiger partial charge in [-0.2, -0.15) is 0 Å². The number of benzene rings is 1. The summed E-state index contributed by atoms with van der Waals surface area (Å²) in [6.45, 7) is -0.0991. The van der Waals surface area contributed by atoms with Crippen LogP contribution in [-0.4, -0.2) is 34.0 Å². The normalized spacial score (nSPS) is 15.1. The van der Waals surface area contributed by atoms with E-state index in [0.717, 1.165) is 18.4 Å². The summed E-state index contributed by atoms with van der Waals surface area (Å²) >= 11 is 12.1. The molecule has 1 heterocycles. The van der Waals surface area contributed by atoms with Crippen molar-refractivity contribution in [2.45, 2.75) is 31.2 Å². The van der Waals surface area contributed by atoms with Gasteiger partial charge in [-0.1, -0.05) is 35.3 Å². The van der Waals surface area contributed by atoms with Crippen molar-refractivity contribution in [2.24, 2.45) is 0 Å². The fraction of sp³-hybridized carbons (Fsp3) is 0.353. The SMILES string of the molecule is O=Cc1nc(C2CC2)nc(NC(CO)Cc2ccc(Cl)cc2)c1Cl. The van der Waals surface area contributed by atoms with E-state index < -0.39 is 0 Å². The average molecular weight is 366 g/mol. The molecular weight excluding hydrogens is 349 g/mol. The van der Waals surface area contributed by atoms with Crippen LogP contribution >= 0.6 is 23.2 Å². The van der Waals surface area contributed by atoms with Gasteiger partial charge in [0.05, 0.1) is 12.6 Å². The summed E-state index contributed by atoms with van der Waals surface area (Å²) in [5.74, 6) is 1.32. The van der Waals surface area contributed by atoms with Crippen molar-refractivity contribution in [3.05, 3.63) is 51.4 Å². The Morgan fingerprint density at radius 2 is 1.96 bits per heavy atom. The van der Waals surface area contributed by atoms with Crippen molar-refractivity contribution in [1.29, 1.82) is 0 Å². The number of hydrogen-bond acceptors (Lipinski definition) is 5. The lowest BCUT2D eigenvalue weighted by Gasteiger charge is -2.19. The minimum Gasteiger partial charge on any atom is -0.394 e. The number of aliphatic hydroxyl groups is 1. The third-order valence-electron chi connectivity index (χ3n) is 3.90. The summed E-state index contributed by atoms with van der Waals surface area (Å²) in [5.41, 5.74) is 1.20. The van der Waals surface area contributed by atoms with E-state index in [-0.39, 0.29) is 23.4 Å². The first-order chi connectivity index (χ1) is 11.6. The second kappa shape index (κ2) is 7.47. The van der Waals surface area contributed by atoms with Crippen molar-refractivity contribution in [1.82, 2.24) is 9.97 Å². The highest BCUT2D eigenvalue weighted by molar-refractivity contribution is 6.35. The molecule has 3 rings (SSSR count). The van der Waals surface area contributed by atoms with Crippen LogP contribution in [0.1, 0.15) is 40.6 Å². The number of anilines is 1. The van der Waals surface area contributed by atoms with Crippen LogP contribution in [0.25, 0.3) is 0 Å². The molecule has 24 heavy (non-hydrogen) atoms. The summed E-state index contributed by atoms with van der Waals surface area (Å²) in [5, 5.41) is 13.6. The largest absolute Gasteiger partial charge is 0.394 e. The monoisotopic (exact) mass is 365 g/mol. The second-order valence-corrected chi connectivity index (χ2v) is 6.69. The van der Waals surface area contributed by atoms with Gasteiger partial charge in [0.25, 0.3) is 0 Å². The fourth-order valence-corrected chi connectivity index (χ4v) is 2.75. The van der Waals surface area contributed by atoms with Crippen LogP contribution in [0.4, 0.5) is 5.82 Å². The number of halogens is 2. The van der Waals surface area contributed by atoms with Crippen molar-refractivity contribution in [2.75, 3.05) is 11.9 Å². The Morgan fingerprint density at radius 3 is 2.54 bits per heavy atom. The molecule has 0 amide bonds. The smallest absolute Gasteiger partial charge is 0.170 e. The van der Waals surface area contributed by atoms with Gasteiger partial charge in [0, 0.05) is 10.9 Å². The van der Waals surface area contributed by atoms with E-state index in [2.05, 4.69) is 15.3 Å². The van der Waals surface area contributed by atoms with Crippen LogP contribution in [0.15, 0.2) is 24.3 Å². The van der Waals surface area contributed by atoms with Crippen LogP contribution in [-0.2, 0) is 6.42 Å². The molecule has 1 unspecified atom stereocenters. The summed E-state index contributed by atoms with van der Waals surface area (Å²) in [4.78, 5) is 19.8. The van der Waals surface area contributed by atoms with E-state index in [1.807, 2.05) is 12.1 Å². The molecule has 0 aliphatic heterocycles. The van der Waals surface area contributed by atoms with Crippen molar-refractivity contribution < 1.29 is 9.90 Å². The lowest BCUT2D eigenvalue weighted by atomic mass is 10.1. The topological polar surface area (TPSA) is 75.1 Å². The van der Waals surface area contributed by atoms with Crippen LogP contribution in [0, 0.1) is 0 Å². The Kier molecular flexibility index (Phi) is 5.33. The third-order valence-corrected chi connectivity index (χ3v) is 4.53. The van der Waals surface area contributed by atoms with Crippen LogP contribution in [0.3, 0.4) is 0 Å². The second-order valence-electron chi connectivity index (χ2n) is 5.88. The number of hydrogen-bond donors (Lipinski definition) is 2. The lowest BCUT2D eigenvalue weighted by Crippen LogP contribution is -2.27. The zero-order valence-electron chi connectivity index (χ0n) is 12.9. The van der Waals surface area contributed by atoms with E-state index in [9.17, 15) is 9.90 Å². The maximum atomic E-state index is 11.2. The standard InChI is InChI=1S/C17H17Cl2N3O2/c18-12-5-1-10(2-6-12)7-13(8-23)20-17-15(19)14(9-24)21-16(22-17)11-3-4-11/h1-2,5-6,9,11,13,23H,3-4,7-8H2,(H,20,21,22). The maximum absolute atomic E-state index is 11.2. The highest BCUT2D eigenvalue weighted by Crippen LogP contribution is 2.39. The summed E-state index contributed by atoms with van der Waals surface area (Å²) < 4.78 is 0.